The highest BCUT2D eigenvalue weighted by Crippen LogP contribution is 2.21. The van der Waals surface area contributed by atoms with E-state index in [-0.39, 0.29) is 10.8 Å². The van der Waals surface area contributed by atoms with Gasteiger partial charge in [-0.15, -0.1) is 11.3 Å². The molecule has 0 amide bonds. The molecule has 0 spiro atoms. The van der Waals surface area contributed by atoms with Crippen LogP contribution in [-0.2, 0) is 10.0 Å². The average Bonchev–Trinajstić information content (AvgIpc) is 2.51. The molecule has 0 aliphatic heterocycles. The molecule has 80 valence electrons. The van der Waals surface area contributed by atoms with Crippen molar-refractivity contribution in [1.82, 2.24) is 4.72 Å². The second kappa shape index (κ2) is 4.26. The van der Waals surface area contributed by atoms with Gasteiger partial charge in [0, 0.05) is 17.1 Å². The van der Waals surface area contributed by atoms with Crippen molar-refractivity contribution >= 4 is 27.0 Å². The summed E-state index contributed by atoms with van der Waals surface area (Å²) >= 11 is 1.05. The minimum atomic E-state index is -3.52. The van der Waals surface area contributed by atoms with E-state index >= 15 is 0 Å². The van der Waals surface area contributed by atoms with E-state index in [4.69, 9.17) is 10.8 Å². The Hall–Kier alpha value is -0.630. The van der Waals surface area contributed by atoms with E-state index in [0.29, 0.717) is 5.69 Å². The lowest BCUT2D eigenvalue weighted by molar-refractivity contribution is 0.265. The monoisotopic (exact) mass is 236 g/mol. The van der Waals surface area contributed by atoms with Gasteiger partial charge in [0.1, 0.15) is 4.21 Å². The summed E-state index contributed by atoms with van der Waals surface area (Å²) in [5, 5.41) is 10.3. The van der Waals surface area contributed by atoms with Gasteiger partial charge in [0.15, 0.2) is 0 Å². The largest absolute Gasteiger partial charge is 0.398 e. The highest BCUT2D eigenvalue weighted by Gasteiger charge is 2.18. The second-order valence-electron chi connectivity index (χ2n) is 2.90. The molecule has 1 rings (SSSR count). The highest BCUT2D eigenvalue weighted by molar-refractivity contribution is 7.91. The number of hydrogen-bond acceptors (Lipinski definition) is 5. The molecule has 0 radical (unpaired) electrons. The van der Waals surface area contributed by atoms with E-state index in [1.165, 1.54) is 6.07 Å². The van der Waals surface area contributed by atoms with Gasteiger partial charge >= 0.3 is 0 Å². The third-order valence-electron chi connectivity index (χ3n) is 1.49. The fraction of sp³-hybridized carbons (Fsp3) is 0.429. The molecule has 1 aromatic heterocycles. The van der Waals surface area contributed by atoms with Gasteiger partial charge in [-0.25, -0.2) is 13.1 Å². The van der Waals surface area contributed by atoms with E-state index in [0.717, 1.165) is 11.3 Å². The van der Waals surface area contributed by atoms with Crippen LogP contribution in [0.15, 0.2) is 15.7 Å². The summed E-state index contributed by atoms with van der Waals surface area (Å²) in [6.45, 7) is 1.34. The number of anilines is 1. The van der Waals surface area contributed by atoms with Gasteiger partial charge in [-0.2, -0.15) is 0 Å². The van der Waals surface area contributed by atoms with Gasteiger partial charge < -0.3 is 10.8 Å². The molecule has 1 heterocycles. The van der Waals surface area contributed by atoms with E-state index in [2.05, 4.69) is 4.72 Å². The Morgan fingerprint density at radius 2 is 2.36 bits per heavy atom. The summed E-state index contributed by atoms with van der Waals surface area (Å²) in [4.78, 5) is 0. The van der Waals surface area contributed by atoms with Gasteiger partial charge in [-0.1, -0.05) is 0 Å². The van der Waals surface area contributed by atoms with Crippen LogP contribution in [0, 0.1) is 0 Å². The van der Waals surface area contributed by atoms with E-state index in [1.54, 1.807) is 12.3 Å². The van der Waals surface area contributed by atoms with Crippen LogP contribution in [-0.4, -0.2) is 26.2 Å². The van der Waals surface area contributed by atoms with Crippen molar-refractivity contribution in [3.8, 4) is 0 Å². The van der Waals surface area contributed by atoms with E-state index in [1.807, 2.05) is 0 Å². The lowest BCUT2D eigenvalue weighted by Gasteiger charge is -2.09. The number of aliphatic hydroxyl groups excluding tert-OH is 1. The third kappa shape index (κ3) is 2.68. The van der Waals surface area contributed by atoms with E-state index in [9.17, 15) is 8.42 Å². The zero-order valence-corrected chi connectivity index (χ0v) is 9.23. The number of thiophene rings is 1. The first-order valence-corrected chi connectivity index (χ1v) is 6.29. The zero-order valence-electron chi connectivity index (χ0n) is 7.60. The number of nitrogen functional groups attached to an aromatic ring is 1. The van der Waals surface area contributed by atoms with Crippen molar-refractivity contribution in [2.75, 3.05) is 12.3 Å². The van der Waals surface area contributed by atoms with Crippen molar-refractivity contribution in [1.29, 1.82) is 0 Å². The van der Waals surface area contributed by atoms with Crippen molar-refractivity contribution < 1.29 is 13.5 Å². The molecular formula is C7H12N2O3S2. The Balaban J connectivity index is 2.86. The smallest absolute Gasteiger partial charge is 0.250 e. The Labute approximate surface area is 86.6 Å². The number of nitrogens with two attached hydrogens (primary N) is 1. The van der Waals surface area contributed by atoms with Crippen molar-refractivity contribution in [2.45, 2.75) is 17.2 Å². The predicted molar refractivity (Wildman–Crippen MR) is 55.6 cm³/mol. The van der Waals surface area contributed by atoms with Gasteiger partial charge in [-0.3, -0.25) is 0 Å². The molecule has 1 aromatic rings. The summed E-state index contributed by atoms with van der Waals surface area (Å²) < 4.78 is 25.6. The number of aliphatic hydroxyl groups is 1. The normalized spacial score (nSPS) is 14.1. The molecule has 0 fully saturated rings. The van der Waals surface area contributed by atoms with Crippen molar-refractivity contribution in [3.63, 3.8) is 0 Å². The van der Waals surface area contributed by atoms with Crippen LogP contribution in [0.5, 0.6) is 0 Å². The predicted octanol–water partition coefficient (Wildman–Crippen LogP) is -0.0106. The van der Waals surface area contributed by atoms with Crippen LogP contribution in [0.3, 0.4) is 0 Å². The Morgan fingerprint density at radius 1 is 1.71 bits per heavy atom. The number of hydrogen-bond donors (Lipinski definition) is 3. The first-order valence-electron chi connectivity index (χ1n) is 3.93. The maximum absolute atomic E-state index is 11.5. The first kappa shape index (κ1) is 11.4. The molecule has 0 unspecified atom stereocenters. The second-order valence-corrected chi connectivity index (χ2v) is 5.76. The van der Waals surface area contributed by atoms with Crippen molar-refractivity contribution in [2.24, 2.45) is 0 Å². The quantitative estimate of drug-likeness (QED) is 0.685. The molecule has 0 bridgehead atoms. The maximum Gasteiger partial charge on any atom is 0.250 e. The van der Waals surface area contributed by atoms with Gasteiger partial charge in [-0.05, 0) is 13.0 Å². The molecule has 0 aliphatic carbocycles. The molecule has 1 atom stereocenters. The van der Waals surface area contributed by atoms with Crippen LogP contribution in [0.25, 0.3) is 0 Å². The Kier molecular flexibility index (Phi) is 3.48. The lowest BCUT2D eigenvalue weighted by atomic mass is 10.4. The van der Waals surface area contributed by atoms with Gasteiger partial charge in [0.05, 0.1) is 6.61 Å². The summed E-state index contributed by atoms with van der Waals surface area (Å²) in [5.74, 6) is 0. The topological polar surface area (TPSA) is 92.4 Å². The summed E-state index contributed by atoms with van der Waals surface area (Å²) in [6.07, 6.45) is 0. The Morgan fingerprint density at radius 3 is 2.79 bits per heavy atom. The molecule has 7 heteroatoms. The zero-order chi connectivity index (χ0) is 10.8. The fourth-order valence-corrected chi connectivity index (χ4v) is 3.16. The van der Waals surface area contributed by atoms with Crippen LogP contribution in [0.2, 0.25) is 0 Å². The molecule has 0 aromatic carbocycles. The number of nitrogens with one attached hydrogen (secondary N) is 1. The van der Waals surface area contributed by atoms with Gasteiger partial charge in [0.2, 0.25) is 10.0 Å². The van der Waals surface area contributed by atoms with Gasteiger partial charge in [0.25, 0.3) is 0 Å². The van der Waals surface area contributed by atoms with Crippen LogP contribution in [0.4, 0.5) is 5.69 Å². The molecule has 4 N–H and O–H groups in total. The molecule has 0 saturated heterocycles. The maximum atomic E-state index is 11.5. The number of sulfonamides is 1. The van der Waals surface area contributed by atoms with Crippen LogP contribution >= 0.6 is 11.3 Å². The Bertz CT molecular complexity index is 399. The summed E-state index contributed by atoms with van der Waals surface area (Å²) in [5.41, 5.74) is 5.83. The van der Waals surface area contributed by atoms with Crippen LogP contribution < -0.4 is 10.5 Å². The molecule has 0 aliphatic rings. The van der Waals surface area contributed by atoms with Crippen molar-refractivity contribution in [3.05, 3.63) is 11.4 Å². The summed E-state index contributed by atoms with van der Waals surface area (Å²) in [6, 6.07) is 0.889. The lowest BCUT2D eigenvalue weighted by Crippen LogP contribution is -2.34. The SMILES string of the molecule is C[C@@H](CO)NS(=O)(=O)c1cc(N)cs1. The molecule has 14 heavy (non-hydrogen) atoms. The number of rotatable bonds is 4. The molecule has 0 saturated carbocycles. The average molecular weight is 236 g/mol. The minimum Gasteiger partial charge on any atom is -0.398 e. The van der Waals surface area contributed by atoms with Crippen LogP contribution in [0.1, 0.15) is 6.92 Å². The summed E-state index contributed by atoms with van der Waals surface area (Å²) in [7, 11) is -3.52. The van der Waals surface area contributed by atoms with E-state index < -0.39 is 16.1 Å². The third-order valence-corrected chi connectivity index (χ3v) is 4.54. The fourth-order valence-electron chi connectivity index (χ4n) is 0.831. The minimum absolute atomic E-state index is 0.162. The molecule has 5 nitrogen and oxygen atoms in total. The first-order chi connectivity index (χ1) is 6.45. The highest BCUT2D eigenvalue weighted by atomic mass is 32.2. The standard InChI is InChI=1S/C7H12N2O3S2/c1-5(3-10)9-14(11,12)7-2-6(8)4-13-7/h2,4-5,9-10H,3,8H2,1H3/t5-/m0/s1. The molecular weight excluding hydrogens is 224 g/mol.